The van der Waals surface area contributed by atoms with Crippen LogP contribution in [0.15, 0.2) is 72.8 Å². The summed E-state index contributed by atoms with van der Waals surface area (Å²) >= 11 is 0. The van der Waals surface area contributed by atoms with E-state index in [0.717, 1.165) is 29.0 Å². The van der Waals surface area contributed by atoms with Crippen LogP contribution in [0, 0.1) is 13.8 Å². The molecule has 33 heavy (non-hydrogen) atoms. The van der Waals surface area contributed by atoms with Gasteiger partial charge in [-0.25, -0.2) is 0 Å². The van der Waals surface area contributed by atoms with Gasteiger partial charge in [-0.15, -0.1) is 0 Å². The van der Waals surface area contributed by atoms with E-state index in [9.17, 15) is 0 Å². The van der Waals surface area contributed by atoms with Crippen LogP contribution in [-0.2, 0) is 6.42 Å². The molecular weight excluding hydrogens is 412 g/mol. The normalized spacial score (nSPS) is 10.7. The number of benzene rings is 4. The summed E-state index contributed by atoms with van der Waals surface area (Å²) in [4.78, 5) is 0. The number of rotatable bonds is 6. The Hall–Kier alpha value is -4.32. The van der Waals surface area contributed by atoms with Gasteiger partial charge in [-0.2, -0.15) is 0 Å². The molecule has 0 heterocycles. The van der Waals surface area contributed by atoms with Gasteiger partial charge in [0, 0.05) is 11.4 Å². The zero-order valence-electron chi connectivity index (χ0n) is 18.8. The fraction of sp³-hybridized carbons (Fsp3) is 0.111. The largest absolute Gasteiger partial charge is 0.455 e. The van der Waals surface area contributed by atoms with Gasteiger partial charge in [-0.1, -0.05) is 24.3 Å². The summed E-state index contributed by atoms with van der Waals surface area (Å²) in [5.74, 6) is 2.70. The fourth-order valence-corrected chi connectivity index (χ4v) is 3.66. The van der Waals surface area contributed by atoms with Crippen LogP contribution in [0.2, 0.25) is 0 Å². The molecule has 0 radical (unpaired) electrons. The van der Waals surface area contributed by atoms with Gasteiger partial charge in [0.25, 0.3) is 0 Å². The minimum absolute atomic E-state index is 0.511. The zero-order valence-corrected chi connectivity index (χ0v) is 18.8. The standard InChI is InChI=1S/C27H28N4O2/c1-16-11-18(3-7-24(16)32-26-9-5-20(28)14-22(26)30)13-19-4-8-25(17(2)12-19)33-27-10-6-21(29)15-23(27)31/h3-12,14-15H,13,28-31H2,1-2H3. The molecule has 6 heteroatoms. The molecule has 4 aromatic rings. The maximum absolute atomic E-state index is 6.01. The Labute approximate surface area is 193 Å². The highest BCUT2D eigenvalue weighted by molar-refractivity contribution is 5.62. The number of nitrogens with two attached hydrogens (primary N) is 4. The van der Waals surface area contributed by atoms with E-state index in [4.69, 9.17) is 32.4 Å². The van der Waals surface area contributed by atoms with Crippen molar-refractivity contribution in [2.45, 2.75) is 20.3 Å². The van der Waals surface area contributed by atoms with Crippen LogP contribution in [0.5, 0.6) is 23.0 Å². The van der Waals surface area contributed by atoms with Crippen molar-refractivity contribution in [2.24, 2.45) is 0 Å². The molecule has 4 rings (SSSR count). The number of nitrogen functional groups attached to an aromatic ring is 4. The van der Waals surface area contributed by atoms with E-state index in [0.29, 0.717) is 34.2 Å². The van der Waals surface area contributed by atoms with Gasteiger partial charge in [0.15, 0.2) is 0 Å². The van der Waals surface area contributed by atoms with Crippen LogP contribution in [-0.4, -0.2) is 0 Å². The smallest absolute Gasteiger partial charge is 0.150 e. The molecule has 0 atom stereocenters. The maximum Gasteiger partial charge on any atom is 0.150 e. The molecule has 0 fully saturated rings. The Morgan fingerprint density at radius 1 is 0.515 bits per heavy atom. The molecule has 168 valence electrons. The quantitative estimate of drug-likeness (QED) is 0.281. The number of ether oxygens (including phenoxy) is 2. The molecule has 0 spiro atoms. The Morgan fingerprint density at radius 2 is 0.909 bits per heavy atom. The summed E-state index contributed by atoms with van der Waals surface area (Å²) in [6, 6.07) is 22.8. The molecule has 8 N–H and O–H groups in total. The molecule has 0 saturated carbocycles. The van der Waals surface area contributed by atoms with Crippen LogP contribution in [0.25, 0.3) is 0 Å². The summed E-state index contributed by atoms with van der Waals surface area (Å²) in [5, 5.41) is 0. The lowest BCUT2D eigenvalue weighted by atomic mass is 10.0. The minimum Gasteiger partial charge on any atom is -0.455 e. The summed E-state index contributed by atoms with van der Waals surface area (Å²) in [6.07, 6.45) is 0.788. The second kappa shape index (κ2) is 9.04. The van der Waals surface area contributed by atoms with E-state index in [1.165, 1.54) is 11.1 Å². The van der Waals surface area contributed by atoms with Crippen molar-refractivity contribution in [3.8, 4) is 23.0 Å². The van der Waals surface area contributed by atoms with E-state index >= 15 is 0 Å². The third-order valence-corrected chi connectivity index (χ3v) is 5.39. The van der Waals surface area contributed by atoms with Gasteiger partial charge >= 0.3 is 0 Å². The summed E-state index contributed by atoms with van der Waals surface area (Å²) < 4.78 is 12.0. The fourth-order valence-electron chi connectivity index (χ4n) is 3.66. The monoisotopic (exact) mass is 440 g/mol. The Balaban J connectivity index is 1.47. The van der Waals surface area contributed by atoms with Gasteiger partial charge in [0.05, 0.1) is 11.4 Å². The van der Waals surface area contributed by atoms with Crippen molar-refractivity contribution in [1.29, 1.82) is 0 Å². The van der Waals surface area contributed by atoms with Crippen LogP contribution < -0.4 is 32.4 Å². The highest BCUT2D eigenvalue weighted by Crippen LogP contribution is 2.33. The Morgan fingerprint density at radius 3 is 1.27 bits per heavy atom. The van der Waals surface area contributed by atoms with E-state index in [1.807, 2.05) is 26.0 Å². The van der Waals surface area contributed by atoms with Crippen molar-refractivity contribution in [3.05, 3.63) is 95.1 Å². The van der Waals surface area contributed by atoms with Gasteiger partial charge in [-0.05, 0) is 91.1 Å². The molecule has 0 unspecified atom stereocenters. The SMILES string of the molecule is Cc1cc(Cc2ccc(Oc3ccc(N)cc3N)c(C)c2)ccc1Oc1ccc(N)cc1N. The predicted molar refractivity (Wildman–Crippen MR) is 136 cm³/mol. The molecule has 0 amide bonds. The summed E-state index contributed by atoms with van der Waals surface area (Å²) in [5.41, 5.74) is 30.2. The Bertz CT molecular complexity index is 1220. The van der Waals surface area contributed by atoms with Crippen molar-refractivity contribution in [3.63, 3.8) is 0 Å². The first-order valence-electron chi connectivity index (χ1n) is 10.6. The molecule has 6 nitrogen and oxygen atoms in total. The first kappa shape index (κ1) is 21.9. The Kier molecular flexibility index (Phi) is 6.00. The van der Waals surface area contributed by atoms with E-state index in [-0.39, 0.29) is 0 Å². The van der Waals surface area contributed by atoms with E-state index in [2.05, 4.69) is 24.3 Å². The van der Waals surface area contributed by atoms with Crippen molar-refractivity contribution >= 4 is 22.7 Å². The highest BCUT2D eigenvalue weighted by atomic mass is 16.5. The van der Waals surface area contributed by atoms with Crippen molar-refractivity contribution in [1.82, 2.24) is 0 Å². The minimum atomic E-state index is 0.511. The molecule has 0 aliphatic rings. The average molecular weight is 441 g/mol. The maximum atomic E-state index is 6.01. The average Bonchev–Trinajstić information content (AvgIpc) is 2.75. The second-order valence-corrected chi connectivity index (χ2v) is 8.18. The number of aryl methyl sites for hydroxylation is 2. The number of anilines is 4. The van der Waals surface area contributed by atoms with Gasteiger partial charge < -0.3 is 32.4 Å². The van der Waals surface area contributed by atoms with Gasteiger partial charge in [-0.3, -0.25) is 0 Å². The second-order valence-electron chi connectivity index (χ2n) is 8.18. The summed E-state index contributed by atoms with van der Waals surface area (Å²) in [7, 11) is 0. The van der Waals surface area contributed by atoms with Gasteiger partial charge in [0.2, 0.25) is 0 Å². The molecule has 4 aromatic carbocycles. The van der Waals surface area contributed by atoms with Gasteiger partial charge in [0.1, 0.15) is 23.0 Å². The van der Waals surface area contributed by atoms with Crippen molar-refractivity contribution < 1.29 is 9.47 Å². The third-order valence-electron chi connectivity index (χ3n) is 5.39. The highest BCUT2D eigenvalue weighted by Gasteiger charge is 2.09. The number of hydrogen-bond acceptors (Lipinski definition) is 6. The first-order chi connectivity index (χ1) is 15.8. The number of hydrogen-bond donors (Lipinski definition) is 4. The zero-order chi connectivity index (χ0) is 23.5. The predicted octanol–water partition coefficient (Wildman–Crippen LogP) is 5.81. The van der Waals surface area contributed by atoms with Crippen LogP contribution in [0.3, 0.4) is 0 Å². The summed E-state index contributed by atoms with van der Waals surface area (Å²) in [6.45, 7) is 4.04. The van der Waals surface area contributed by atoms with Crippen LogP contribution >= 0.6 is 0 Å². The molecule has 0 bridgehead atoms. The molecular formula is C27H28N4O2. The molecule has 0 saturated heterocycles. The lowest BCUT2D eigenvalue weighted by Gasteiger charge is -2.14. The topological polar surface area (TPSA) is 123 Å². The van der Waals surface area contributed by atoms with Crippen molar-refractivity contribution in [2.75, 3.05) is 22.9 Å². The van der Waals surface area contributed by atoms with E-state index < -0.39 is 0 Å². The first-order valence-corrected chi connectivity index (χ1v) is 10.6. The van der Waals surface area contributed by atoms with E-state index in [1.54, 1.807) is 36.4 Å². The lowest BCUT2D eigenvalue weighted by molar-refractivity contribution is 0.481. The lowest BCUT2D eigenvalue weighted by Crippen LogP contribution is -1.97. The van der Waals surface area contributed by atoms with Crippen LogP contribution in [0.1, 0.15) is 22.3 Å². The van der Waals surface area contributed by atoms with Crippen LogP contribution in [0.4, 0.5) is 22.7 Å². The third kappa shape index (κ3) is 5.13. The molecule has 0 aliphatic carbocycles. The molecule has 0 aliphatic heterocycles. The molecule has 0 aromatic heterocycles.